The van der Waals surface area contributed by atoms with Crippen LogP contribution in [0, 0.1) is 6.92 Å². The predicted molar refractivity (Wildman–Crippen MR) is 86.6 cm³/mol. The third-order valence-electron chi connectivity index (χ3n) is 2.52. The summed E-state index contributed by atoms with van der Waals surface area (Å²) in [4.78, 5) is 13.8. The van der Waals surface area contributed by atoms with Gasteiger partial charge in [0.25, 0.3) is 5.91 Å². The van der Waals surface area contributed by atoms with Crippen molar-refractivity contribution in [2.45, 2.75) is 16.7 Å². The van der Waals surface area contributed by atoms with Gasteiger partial charge in [-0.15, -0.1) is 0 Å². The molecule has 0 bridgehead atoms. The smallest absolute Gasteiger partial charge is 0.254 e. The van der Waals surface area contributed by atoms with Crippen molar-refractivity contribution in [2.75, 3.05) is 0 Å². The summed E-state index contributed by atoms with van der Waals surface area (Å²) in [6.45, 7) is 2.06. The molecule has 0 aliphatic carbocycles. The second-order valence-corrected chi connectivity index (χ2v) is 5.89. The van der Waals surface area contributed by atoms with Crippen LogP contribution in [0.15, 0.2) is 75.9 Å². The third-order valence-corrected chi connectivity index (χ3v) is 4.32. The molecule has 2 aromatic rings. The summed E-state index contributed by atoms with van der Waals surface area (Å²) in [6, 6.07) is 17.8. The SMILES string of the molecule is Cc1ccccc1S/C=C/C(=O)NSc1ccccc1. The van der Waals surface area contributed by atoms with Gasteiger partial charge in [-0.3, -0.25) is 9.52 Å². The first-order chi connectivity index (χ1) is 9.75. The highest BCUT2D eigenvalue weighted by Gasteiger charge is 1.98. The number of aryl methyl sites for hydroxylation is 1. The summed E-state index contributed by atoms with van der Waals surface area (Å²) in [5, 5.41) is 1.81. The zero-order valence-electron chi connectivity index (χ0n) is 11.1. The number of rotatable bonds is 5. The van der Waals surface area contributed by atoms with Crippen molar-refractivity contribution in [3.63, 3.8) is 0 Å². The lowest BCUT2D eigenvalue weighted by Crippen LogP contribution is -2.11. The summed E-state index contributed by atoms with van der Waals surface area (Å²) < 4.78 is 2.78. The van der Waals surface area contributed by atoms with E-state index in [-0.39, 0.29) is 5.91 Å². The number of carbonyl (C=O) groups is 1. The number of hydrogen-bond acceptors (Lipinski definition) is 3. The van der Waals surface area contributed by atoms with Crippen molar-refractivity contribution in [3.8, 4) is 0 Å². The van der Waals surface area contributed by atoms with Crippen LogP contribution in [0.2, 0.25) is 0 Å². The molecule has 1 N–H and O–H groups in total. The topological polar surface area (TPSA) is 29.1 Å². The lowest BCUT2D eigenvalue weighted by atomic mass is 10.2. The summed E-state index contributed by atoms with van der Waals surface area (Å²) in [5.74, 6) is -0.111. The summed E-state index contributed by atoms with van der Waals surface area (Å²) in [7, 11) is 0. The number of carbonyl (C=O) groups excluding carboxylic acids is 1. The second kappa shape index (κ2) is 7.82. The first-order valence-electron chi connectivity index (χ1n) is 6.16. The van der Waals surface area contributed by atoms with E-state index in [9.17, 15) is 4.79 Å². The van der Waals surface area contributed by atoms with E-state index in [1.165, 1.54) is 17.5 Å². The Kier molecular flexibility index (Phi) is 5.77. The highest BCUT2D eigenvalue weighted by atomic mass is 32.2. The average molecular weight is 301 g/mol. The van der Waals surface area contributed by atoms with Crippen molar-refractivity contribution in [1.82, 2.24) is 4.72 Å². The van der Waals surface area contributed by atoms with Gasteiger partial charge < -0.3 is 0 Å². The Labute approximate surface area is 127 Å². The quantitative estimate of drug-likeness (QED) is 0.503. The van der Waals surface area contributed by atoms with Crippen LogP contribution >= 0.6 is 23.7 Å². The molecule has 0 saturated carbocycles. The fourth-order valence-corrected chi connectivity index (χ4v) is 2.82. The van der Waals surface area contributed by atoms with Crippen LogP contribution in [0.1, 0.15) is 5.56 Å². The second-order valence-electron chi connectivity index (χ2n) is 4.07. The van der Waals surface area contributed by atoms with Crippen molar-refractivity contribution >= 4 is 29.6 Å². The van der Waals surface area contributed by atoms with Gasteiger partial charge >= 0.3 is 0 Å². The fourth-order valence-electron chi connectivity index (χ4n) is 1.49. The van der Waals surface area contributed by atoms with Crippen molar-refractivity contribution < 1.29 is 4.79 Å². The molecule has 0 unspecified atom stereocenters. The van der Waals surface area contributed by atoms with E-state index in [4.69, 9.17) is 0 Å². The number of amides is 1. The Balaban J connectivity index is 1.80. The van der Waals surface area contributed by atoms with Gasteiger partial charge in [0.05, 0.1) is 0 Å². The Bertz CT molecular complexity index is 596. The highest BCUT2D eigenvalue weighted by Crippen LogP contribution is 2.22. The molecule has 0 aliphatic heterocycles. The molecule has 0 aliphatic rings. The first-order valence-corrected chi connectivity index (χ1v) is 7.86. The molecule has 0 atom stereocenters. The normalized spacial score (nSPS) is 10.7. The molecule has 0 saturated heterocycles. The molecule has 20 heavy (non-hydrogen) atoms. The maximum absolute atomic E-state index is 11.7. The van der Waals surface area contributed by atoms with E-state index in [1.54, 1.807) is 17.8 Å². The molecule has 0 heterocycles. The Morgan fingerprint density at radius 2 is 1.75 bits per heavy atom. The number of nitrogens with one attached hydrogen (secondary N) is 1. The predicted octanol–water partition coefficient (Wildman–Crippen LogP) is 4.42. The lowest BCUT2D eigenvalue weighted by Gasteiger charge is -2.01. The van der Waals surface area contributed by atoms with Gasteiger partial charge in [-0.25, -0.2) is 0 Å². The summed E-state index contributed by atoms with van der Waals surface area (Å²) >= 11 is 2.86. The fraction of sp³-hybridized carbons (Fsp3) is 0.0625. The largest absolute Gasteiger partial charge is 0.292 e. The van der Waals surface area contributed by atoms with Crippen LogP contribution in [-0.4, -0.2) is 5.91 Å². The molecule has 0 spiro atoms. The van der Waals surface area contributed by atoms with Gasteiger partial charge in [0.15, 0.2) is 0 Å². The van der Waals surface area contributed by atoms with Gasteiger partial charge in [0, 0.05) is 15.9 Å². The zero-order chi connectivity index (χ0) is 14.2. The number of benzene rings is 2. The highest BCUT2D eigenvalue weighted by molar-refractivity contribution is 8.02. The maximum atomic E-state index is 11.7. The molecular weight excluding hydrogens is 286 g/mol. The molecule has 2 rings (SSSR count). The minimum absolute atomic E-state index is 0.111. The van der Waals surface area contributed by atoms with Gasteiger partial charge in [-0.05, 0) is 48.0 Å². The average Bonchev–Trinajstić information content (AvgIpc) is 2.48. The minimum Gasteiger partial charge on any atom is -0.292 e. The van der Waals surface area contributed by atoms with Crippen LogP contribution in [0.25, 0.3) is 0 Å². The molecule has 0 aromatic heterocycles. The molecule has 2 nitrogen and oxygen atoms in total. The number of thioether (sulfide) groups is 1. The van der Waals surface area contributed by atoms with Crippen molar-refractivity contribution in [3.05, 3.63) is 71.6 Å². The lowest BCUT2D eigenvalue weighted by molar-refractivity contribution is -0.114. The first kappa shape index (κ1) is 14.8. The molecule has 102 valence electrons. The van der Waals surface area contributed by atoms with E-state index in [2.05, 4.69) is 17.7 Å². The standard InChI is InChI=1S/C16H15NOS2/c1-13-7-5-6-10-15(13)19-12-11-16(18)17-20-14-8-3-2-4-9-14/h2-12H,1H3,(H,17,18)/b12-11+. The molecule has 0 fully saturated rings. The Morgan fingerprint density at radius 3 is 2.50 bits per heavy atom. The van der Waals surface area contributed by atoms with E-state index in [1.807, 2.05) is 53.9 Å². The van der Waals surface area contributed by atoms with Crippen LogP contribution in [0.5, 0.6) is 0 Å². The molecule has 0 radical (unpaired) electrons. The van der Waals surface area contributed by atoms with Gasteiger partial charge in [0.2, 0.25) is 0 Å². The Morgan fingerprint density at radius 1 is 1.05 bits per heavy atom. The van der Waals surface area contributed by atoms with Crippen LogP contribution in [0.3, 0.4) is 0 Å². The summed E-state index contributed by atoms with van der Waals surface area (Å²) in [6.07, 6.45) is 1.55. The summed E-state index contributed by atoms with van der Waals surface area (Å²) in [5.41, 5.74) is 1.21. The molecule has 4 heteroatoms. The van der Waals surface area contributed by atoms with E-state index in [0.29, 0.717) is 0 Å². The van der Waals surface area contributed by atoms with E-state index >= 15 is 0 Å². The van der Waals surface area contributed by atoms with Crippen LogP contribution in [-0.2, 0) is 4.79 Å². The monoisotopic (exact) mass is 301 g/mol. The van der Waals surface area contributed by atoms with Crippen molar-refractivity contribution in [1.29, 1.82) is 0 Å². The zero-order valence-corrected chi connectivity index (χ0v) is 12.7. The van der Waals surface area contributed by atoms with Gasteiger partial charge in [-0.2, -0.15) is 0 Å². The third kappa shape index (κ3) is 4.79. The maximum Gasteiger partial charge on any atom is 0.254 e. The molecule has 2 aromatic carbocycles. The van der Waals surface area contributed by atoms with Gasteiger partial charge in [0.1, 0.15) is 0 Å². The number of hydrogen-bond donors (Lipinski definition) is 1. The Hall–Kier alpha value is -1.65. The molecular formula is C16H15NOS2. The van der Waals surface area contributed by atoms with Crippen molar-refractivity contribution in [2.24, 2.45) is 0 Å². The molecule has 1 amide bonds. The minimum atomic E-state index is -0.111. The van der Waals surface area contributed by atoms with Crippen LogP contribution in [0.4, 0.5) is 0 Å². The van der Waals surface area contributed by atoms with E-state index in [0.717, 1.165) is 9.79 Å². The van der Waals surface area contributed by atoms with Gasteiger partial charge in [-0.1, -0.05) is 48.2 Å². The van der Waals surface area contributed by atoms with E-state index < -0.39 is 0 Å². The van der Waals surface area contributed by atoms with Crippen LogP contribution < -0.4 is 4.72 Å².